The number of allylic oxidation sites excluding steroid dienone is 1. The number of halogens is 1. The largest absolute Gasteiger partial charge is 0.772 e. The van der Waals surface area contributed by atoms with E-state index in [1.54, 1.807) is 12.1 Å². The molecule has 3 aliphatic heterocycles. The van der Waals surface area contributed by atoms with Crippen LogP contribution in [0.1, 0.15) is 94.6 Å². The monoisotopic (exact) mass is 741 g/mol. The number of piperidine rings is 1. The predicted octanol–water partition coefficient (Wildman–Crippen LogP) is 2.98. The highest BCUT2D eigenvalue weighted by Gasteiger charge is 2.60. The van der Waals surface area contributed by atoms with Gasteiger partial charge in [-0.2, -0.15) is 0 Å². The molecule has 4 unspecified atom stereocenters. The molecule has 3 N–H and O–H groups in total. The van der Waals surface area contributed by atoms with Crippen molar-refractivity contribution in [3.05, 3.63) is 47.3 Å². The van der Waals surface area contributed by atoms with Gasteiger partial charge in [0.05, 0.1) is 12.5 Å². The molecule has 2 saturated heterocycles. The van der Waals surface area contributed by atoms with Crippen LogP contribution >= 0.6 is 0 Å². The summed E-state index contributed by atoms with van der Waals surface area (Å²) in [5.74, 6) is -3.75. The Labute approximate surface area is 306 Å². The van der Waals surface area contributed by atoms with E-state index in [9.17, 15) is 37.1 Å². The number of hydrogen-bond acceptors (Lipinski definition) is 8. The van der Waals surface area contributed by atoms with Gasteiger partial charge in [0.2, 0.25) is 23.6 Å². The summed E-state index contributed by atoms with van der Waals surface area (Å²) in [6, 6.07) is 3.81. The van der Waals surface area contributed by atoms with E-state index in [1.165, 1.54) is 11.0 Å². The van der Waals surface area contributed by atoms with Gasteiger partial charge in [0.1, 0.15) is 23.5 Å². The molecule has 7 rings (SSSR count). The van der Waals surface area contributed by atoms with Gasteiger partial charge >= 0.3 is 5.97 Å². The number of nitrogens with one attached hydrogen (secondary N) is 1. The Balaban J connectivity index is 0.000000703. The van der Waals surface area contributed by atoms with Crippen LogP contribution in [-0.4, -0.2) is 90.7 Å². The Morgan fingerprint density at radius 3 is 2.46 bits per heavy atom. The summed E-state index contributed by atoms with van der Waals surface area (Å²) in [5, 5.41) is 2.89. The van der Waals surface area contributed by atoms with Crippen LogP contribution in [0.15, 0.2) is 30.4 Å². The van der Waals surface area contributed by atoms with Gasteiger partial charge in [0.15, 0.2) is 0 Å². The molecule has 4 fully saturated rings. The van der Waals surface area contributed by atoms with Crippen LogP contribution in [0.2, 0.25) is 0 Å². The number of amides is 4. The highest BCUT2D eigenvalue weighted by molar-refractivity contribution is 7.80. The summed E-state index contributed by atoms with van der Waals surface area (Å²) in [4.78, 5) is 70.7. The van der Waals surface area contributed by atoms with Crippen LogP contribution in [-0.2, 0) is 52.6 Å². The molecule has 0 bridgehead atoms. The summed E-state index contributed by atoms with van der Waals surface area (Å²) in [6.45, 7) is 1.37. The van der Waals surface area contributed by atoms with Crippen molar-refractivity contribution in [2.75, 3.05) is 19.6 Å². The zero-order valence-electron chi connectivity index (χ0n) is 29.6. The lowest BCUT2D eigenvalue weighted by Gasteiger charge is -2.31. The normalized spacial score (nSPS) is 31.6. The highest BCUT2D eigenvalue weighted by Crippen LogP contribution is 2.45. The van der Waals surface area contributed by atoms with Gasteiger partial charge in [-0.25, -0.2) is 4.39 Å². The van der Waals surface area contributed by atoms with Crippen LogP contribution in [0.25, 0.3) is 0 Å². The molecule has 0 spiro atoms. The number of fused-ring (bicyclic) bond motifs is 3. The lowest BCUT2D eigenvalue weighted by Crippen LogP contribution is -2.55. The summed E-state index contributed by atoms with van der Waals surface area (Å²) in [5.41, 5.74) is 5.86. The molecule has 3 aliphatic carbocycles. The number of likely N-dealkylation sites (tertiary alicyclic amines) is 1. The van der Waals surface area contributed by atoms with Gasteiger partial charge in [-0.05, 0) is 87.8 Å². The number of nitrogens with zero attached hydrogens (tertiary/aromatic N) is 2. The smallest absolute Gasteiger partial charge is 0.309 e. The van der Waals surface area contributed by atoms with Crippen LogP contribution < -0.4 is 11.1 Å². The first-order valence-corrected chi connectivity index (χ1v) is 20.0. The van der Waals surface area contributed by atoms with Crippen molar-refractivity contribution in [2.24, 2.45) is 23.5 Å². The number of primary amides is 1. The van der Waals surface area contributed by atoms with E-state index < -0.39 is 58.4 Å². The van der Waals surface area contributed by atoms with E-state index in [-0.39, 0.29) is 54.6 Å². The highest BCUT2D eigenvalue weighted by atomic mass is 32.2. The van der Waals surface area contributed by atoms with Gasteiger partial charge in [0.25, 0.3) is 0 Å². The predicted molar refractivity (Wildman–Crippen MR) is 188 cm³/mol. The van der Waals surface area contributed by atoms with Crippen molar-refractivity contribution in [1.82, 2.24) is 15.1 Å². The maximum atomic E-state index is 14.4. The third kappa shape index (κ3) is 8.92. The van der Waals surface area contributed by atoms with E-state index in [4.69, 9.17) is 10.5 Å². The maximum absolute atomic E-state index is 14.4. The van der Waals surface area contributed by atoms with Crippen molar-refractivity contribution < 1.29 is 41.9 Å². The minimum Gasteiger partial charge on any atom is -0.772 e. The van der Waals surface area contributed by atoms with Gasteiger partial charge < -0.3 is 30.1 Å². The Bertz CT molecular complexity index is 1600. The molecule has 0 radical (unpaired) electrons. The summed E-state index contributed by atoms with van der Waals surface area (Å²) in [7, 11) is 0. The summed E-state index contributed by atoms with van der Waals surface area (Å²) >= 11 is -1.76. The van der Waals surface area contributed by atoms with Gasteiger partial charge in [-0.3, -0.25) is 28.2 Å². The zero-order valence-corrected chi connectivity index (χ0v) is 30.4. The molecule has 284 valence electrons. The number of benzene rings is 1. The second-order valence-corrected chi connectivity index (χ2v) is 16.5. The van der Waals surface area contributed by atoms with Crippen molar-refractivity contribution in [3.63, 3.8) is 0 Å². The minimum atomic E-state index is -1.76. The van der Waals surface area contributed by atoms with Crippen molar-refractivity contribution in [3.8, 4) is 0 Å². The second kappa shape index (κ2) is 16.6. The number of nitrogens with two attached hydrogens (primary N) is 1. The summed E-state index contributed by atoms with van der Waals surface area (Å²) in [6.07, 6.45) is 12.9. The third-order valence-electron chi connectivity index (χ3n) is 11.5. The molecule has 3 heterocycles. The van der Waals surface area contributed by atoms with Gasteiger partial charge in [-0.1, -0.05) is 48.2 Å². The van der Waals surface area contributed by atoms with E-state index in [2.05, 4.69) is 5.32 Å². The number of rotatable bonds is 6. The average molecular weight is 742 g/mol. The molecule has 52 heavy (non-hydrogen) atoms. The van der Waals surface area contributed by atoms with Gasteiger partial charge in [-0.15, -0.1) is 0 Å². The first kappa shape index (κ1) is 38.1. The fourth-order valence-corrected chi connectivity index (χ4v) is 8.62. The first-order chi connectivity index (χ1) is 25.0. The Hall–Kier alpha value is -3.65. The minimum absolute atomic E-state index is 0.00199. The lowest BCUT2D eigenvalue weighted by molar-refractivity contribution is -0.154. The Morgan fingerprint density at radius 2 is 1.79 bits per heavy atom. The SMILES string of the molecule is NC(=O)C12CC1/C=C\CCCCC[C@H](CC(=O)N1CCCCC1)C(=O)N1C[C@H](OC(=O)C3Cc4cccc(F)c4C3)C[C@H]1C(=O)N2.O=S([O-])C1CC1. The average Bonchev–Trinajstić information content (AvgIpc) is 4.01. The first-order valence-electron chi connectivity index (χ1n) is 18.9. The quantitative estimate of drug-likeness (QED) is 0.254. The van der Waals surface area contributed by atoms with Crippen molar-refractivity contribution in [2.45, 2.75) is 119 Å². The van der Waals surface area contributed by atoms with Crippen molar-refractivity contribution in [1.29, 1.82) is 0 Å². The Morgan fingerprint density at radius 1 is 1.04 bits per heavy atom. The van der Waals surface area contributed by atoms with Crippen LogP contribution in [0.5, 0.6) is 0 Å². The van der Waals surface area contributed by atoms with Crippen LogP contribution in [0, 0.1) is 23.6 Å². The molecule has 1 aromatic rings. The number of esters is 1. The van der Waals surface area contributed by atoms with E-state index in [0.29, 0.717) is 37.9 Å². The zero-order chi connectivity index (χ0) is 37.0. The fraction of sp³-hybridized carbons (Fsp3) is 0.658. The molecule has 12 nitrogen and oxygen atoms in total. The van der Waals surface area contributed by atoms with E-state index in [0.717, 1.165) is 63.4 Å². The molecular weight excluding hydrogens is 692 g/mol. The molecule has 6 aliphatic rings. The molecule has 1 aromatic carbocycles. The number of ether oxygens (including phenoxy) is 1. The number of hydrogen-bond donors (Lipinski definition) is 2. The molecule has 14 heteroatoms. The van der Waals surface area contributed by atoms with Crippen LogP contribution in [0.3, 0.4) is 0 Å². The molecule has 2 saturated carbocycles. The second-order valence-electron chi connectivity index (χ2n) is 15.3. The summed E-state index contributed by atoms with van der Waals surface area (Å²) < 4.78 is 39.8. The van der Waals surface area contributed by atoms with E-state index >= 15 is 0 Å². The molecule has 0 aromatic heterocycles. The molecule has 4 amide bonds. The molecular formula is C38H50FN4O8S-. The van der Waals surface area contributed by atoms with Crippen LogP contribution in [0.4, 0.5) is 4.39 Å². The number of carbonyl (C=O) groups excluding carboxylic acids is 5. The fourth-order valence-electron chi connectivity index (χ4n) is 8.10. The van der Waals surface area contributed by atoms with E-state index in [1.807, 2.05) is 17.1 Å². The number of carbonyl (C=O) groups is 5. The molecule has 7 atom stereocenters. The third-order valence-corrected chi connectivity index (χ3v) is 12.5. The van der Waals surface area contributed by atoms with Gasteiger partial charge in [0, 0.05) is 43.0 Å². The standard InChI is InChI=1S/C35H45FN4O6.C3H6O2S/c36-28-13-9-11-22-16-24(17-27(22)28)33(44)46-26-19-29-31(42)38-35(34(37)45)20-25(35)12-6-3-1-2-5-10-23(32(43)40(29)21-26)18-30(41)39-14-7-4-8-15-39;4-6(5)3-1-2-3/h6,9,11-13,23-26,29H,1-5,7-8,10,14-21H2,(H2,37,45)(H,38,42);3H,1-2H2,(H,4,5)/p-1/b12-6-;/t23-,24?,25?,26-,29+,35?;/m1./s1. The Kier molecular flexibility index (Phi) is 12.1. The van der Waals surface area contributed by atoms with Crippen molar-refractivity contribution >= 4 is 40.7 Å². The maximum Gasteiger partial charge on any atom is 0.309 e. The lowest BCUT2D eigenvalue weighted by atomic mass is 9.94. The topological polar surface area (TPSA) is 179 Å².